The molecule has 2 rings (SSSR count). The standard InChI is InChI=1S/C16H19NO3/c1-11-13(9-17-15(10-20-2)16(18)19)8-7-12-5-3-4-6-14(11)12/h3-8,15,17H,9-10H2,1-2H3,(H,18,19). The van der Waals surface area contributed by atoms with E-state index in [1.165, 1.54) is 23.4 Å². The normalized spacial score (nSPS) is 12.5. The number of methoxy groups -OCH3 is 1. The number of aryl methyl sites for hydroxylation is 1. The largest absolute Gasteiger partial charge is 0.480 e. The Hall–Kier alpha value is -1.91. The van der Waals surface area contributed by atoms with Gasteiger partial charge in [-0.3, -0.25) is 10.1 Å². The maximum absolute atomic E-state index is 11.1. The lowest BCUT2D eigenvalue weighted by Gasteiger charge is -2.15. The van der Waals surface area contributed by atoms with Crippen LogP contribution in [0.5, 0.6) is 0 Å². The Balaban J connectivity index is 2.17. The van der Waals surface area contributed by atoms with E-state index in [0.29, 0.717) is 6.54 Å². The molecule has 1 unspecified atom stereocenters. The van der Waals surface area contributed by atoms with Gasteiger partial charge in [0, 0.05) is 13.7 Å². The van der Waals surface area contributed by atoms with E-state index in [-0.39, 0.29) is 6.61 Å². The van der Waals surface area contributed by atoms with Crippen LogP contribution in [-0.4, -0.2) is 30.8 Å². The summed E-state index contributed by atoms with van der Waals surface area (Å²) in [7, 11) is 1.50. The first-order valence-corrected chi connectivity index (χ1v) is 6.56. The minimum absolute atomic E-state index is 0.155. The average Bonchev–Trinajstić information content (AvgIpc) is 2.45. The van der Waals surface area contributed by atoms with Crippen LogP contribution in [0.2, 0.25) is 0 Å². The molecule has 0 radical (unpaired) electrons. The second-order valence-electron chi connectivity index (χ2n) is 4.80. The number of rotatable bonds is 6. The van der Waals surface area contributed by atoms with Gasteiger partial charge in [-0.1, -0.05) is 36.4 Å². The Morgan fingerprint density at radius 2 is 2.05 bits per heavy atom. The lowest BCUT2D eigenvalue weighted by Crippen LogP contribution is -2.39. The third-order valence-electron chi connectivity index (χ3n) is 3.48. The first-order chi connectivity index (χ1) is 9.63. The van der Waals surface area contributed by atoms with Crippen molar-refractivity contribution in [3.63, 3.8) is 0 Å². The predicted molar refractivity (Wildman–Crippen MR) is 78.8 cm³/mol. The first-order valence-electron chi connectivity index (χ1n) is 6.56. The van der Waals surface area contributed by atoms with Gasteiger partial charge in [0.15, 0.2) is 0 Å². The Morgan fingerprint density at radius 1 is 1.30 bits per heavy atom. The van der Waals surface area contributed by atoms with Crippen LogP contribution < -0.4 is 5.32 Å². The second kappa shape index (κ2) is 6.50. The maximum atomic E-state index is 11.1. The number of hydrogen-bond donors (Lipinski definition) is 2. The Kier molecular flexibility index (Phi) is 4.71. The smallest absolute Gasteiger partial charge is 0.323 e. The monoisotopic (exact) mass is 273 g/mol. The van der Waals surface area contributed by atoms with Gasteiger partial charge in [0.25, 0.3) is 0 Å². The van der Waals surface area contributed by atoms with Crippen molar-refractivity contribution in [2.24, 2.45) is 0 Å². The third-order valence-corrected chi connectivity index (χ3v) is 3.48. The van der Waals surface area contributed by atoms with Crippen molar-refractivity contribution >= 4 is 16.7 Å². The van der Waals surface area contributed by atoms with Crippen LogP contribution in [0.4, 0.5) is 0 Å². The maximum Gasteiger partial charge on any atom is 0.323 e. The molecule has 0 amide bonds. The van der Waals surface area contributed by atoms with Crippen LogP contribution in [0.1, 0.15) is 11.1 Å². The zero-order valence-electron chi connectivity index (χ0n) is 11.7. The highest BCUT2D eigenvalue weighted by Crippen LogP contribution is 2.21. The summed E-state index contributed by atoms with van der Waals surface area (Å²) in [6, 6.07) is 11.6. The Bertz CT molecular complexity index is 610. The van der Waals surface area contributed by atoms with Gasteiger partial charge in [0.05, 0.1) is 6.61 Å². The molecule has 0 saturated heterocycles. The van der Waals surface area contributed by atoms with Gasteiger partial charge in [-0.25, -0.2) is 0 Å². The highest BCUT2D eigenvalue weighted by Gasteiger charge is 2.16. The molecule has 0 aliphatic heterocycles. The van der Waals surface area contributed by atoms with E-state index in [9.17, 15) is 4.79 Å². The number of hydrogen-bond acceptors (Lipinski definition) is 3. The molecule has 2 N–H and O–H groups in total. The summed E-state index contributed by atoms with van der Waals surface area (Å²) in [5, 5.41) is 14.5. The molecule has 0 aromatic heterocycles. The number of carboxylic acid groups (broad SMARTS) is 1. The van der Waals surface area contributed by atoms with Crippen LogP contribution in [0.15, 0.2) is 36.4 Å². The molecule has 0 bridgehead atoms. The summed E-state index contributed by atoms with van der Waals surface area (Å²) < 4.78 is 4.91. The number of carboxylic acids is 1. The molecule has 0 heterocycles. The number of fused-ring (bicyclic) bond motifs is 1. The van der Waals surface area contributed by atoms with Gasteiger partial charge in [0.1, 0.15) is 6.04 Å². The molecule has 20 heavy (non-hydrogen) atoms. The van der Waals surface area contributed by atoms with Crippen LogP contribution in [-0.2, 0) is 16.1 Å². The SMILES string of the molecule is COCC(NCc1ccc2ccccc2c1C)C(=O)O. The van der Waals surface area contributed by atoms with Crippen LogP contribution in [0, 0.1) is 6.92 Å². The zero-order valence-corrected chi connectivity index (χ0v) is 11.7. The molecule has 2 aromatic rings. The van der Waals surface area contributed by atoms with Crippen molar-refractivity contribution in [2.45, 2.75) is 19.5 Å². The molecule has 1 atom stereocenters. The summed E-state index contributed by atoms with van der Waals surface area (Å²) in [6.45, 7) is 2.73. The van der Waals surface area contributed by atoms with E-state index < -0.39 is 12.0 Å². The van der Waals surface area contributed by atoms with E-state index >= 15 is 0 Å². The van der Waals surface area contributed by atoms with Crippen LogP contribution >= 0.6 is 0 Å². The van der Waals surface area contributed by atoms with Crippen LogP contribution in [0.25, 0.3) is 10.8 Å². The third kappa shape index (κ3) is 3.15. The topological polar surface area (TPSA) is 58.6 Å². The van der Waals surface area contributed by atoms with Crippen molar-refractivity contribution < 1.29 is 14.6 Å². The first kappa shape index (κ1) is 14.5. The van der Waals surface area contributed by atoms with E-state index in [1.54, 1.807) is 0 Å². The van der Waals surface area contributed by atoms with E-state index in [1.807, 2.05) is 18.2 Å². The fraction of sp³-hybridized carbons (Fsp3) is 0.312. The molecule has 0 spiro atoms. The average molecular weight is 273 g/mol. The second-order valence-corrected chi connectivity index (χ2v) is 4.80. The van der Waals surface area contributed by atoms with Gasteiger partial charge in [-0.15, -0.1) is 0 Å². The quantitative estimate of drug-likeness (QED) is 0.848. The molecule has 4 heteroatoms. The van der Waals surface area contributed by atoms with Gasteiger partial charge < -0.3 is 9.84 Å². The zero-order chi connectivity index (χ0) is 14.5. The van der Waals surface area contributed by atoms with Crippen molar-refractivity contribution in [3.05, 3.63) is 47.5 Å². The van der Waals surface area contributed by atoms with E-state index in [0.717, 1.165) is 5.56 Å². The van der Waals surface area contributed by atoms with Gasteiger partial charge in [-0.2, -0.15) is 0 Å². The molecule has 0 fully saturated rings. The molecule has 0 aliphatic carbocycles. The number of aliphatic carboxylic acids is 1. The van der Waals surface area contributed by atoms with Crippen molar-refractivity contribution in [1.29, 1.82) is 0 Å². The van der Waals surface area contributed by atoms with Gasteiger partial charge in [-0.05, 0) is 28.8 Å². The number of carbonyl (C=O) groups is 1. The Morgan fingerprint density at radius 3 is 2.75 bits per heavy atom. The van der Waals surface area contributed by atoms with E-state index in [2.05, 4.69) is 30.4 Å². The lowest BCUT2D eigenvalue weighted by molar-refractivity contribution is -0.140. The summed E-state index contributed by atoms with van der Waals surface area (Å²) in [4.78, 5) is 11.1. The number of benzene rings is 2. The fourth-order valence-corrected chi connectivity index (χ4v) is 2.28. The highest BCUT2D eigenvalue weighted by molar-refractivity contribution is 5.86. The highest BCUT2D eigenvalue weighted by atomic mass is 16.5. The van der Waals surface area contributed by atoms with Gasteiger partial charge >= 0.3 is 5.97 Å². The minimum atomic E-state index is -0.898. The molecule has 0 saturated carbocycles. The fourth-order valence-electron chi connectivity index (χ4n) is 2.28. The number of nitrogens with one attached hydrogen (secondary N) is 1. The van der Waals surface area contributed by atoms with Gasteiger partial charge in [0.2, 0.25) is 0 Å². The molecular formula is C16H19NO3. The summed E-state index contributed by atoms with van der Waals surface area (Å²) in [5.74, 6) is -0.898. The summed E-state index contributed by atoms with van der Waals surface area (Å²) in [5.41, 5.74) is 2.28. The lowest BCUT2D eigenvalue weighted by atomic mass is 10.00. The van der Waals surface area contributed by atoms with Crippen molar-refractivity contribution in [1.82, 2.24) is 5.32 Å². The van der Waals surface area contributed by atoms with Crippen molar-refractivity contribution in [2.75, 3.05) is 13.7 Å². The van der Waals surface area contributed by atoms with Crippen molar-refractivity contribution in [3.8, 4) is 0 Å². The molecular weight excluding hydrogens is 254 g/mol. The minimum Gasteiger partial charge on any atom is -0.480 e. The summed E-state index contributed by atoms with van der Waals surface area (Å²) in [6.07, 6.45) is 0. The Labute approximate surface area is 118 Å². The number of ether oxygens (including phenoxy) is 1. The molecule has 4 nitrogen and oxygen atoms in total. The molecule has 2 aromatic carbocycles. The van der Waals surface area contributed by atoms with E-state index in [4.69, 9.17) is 9.84 Å². The predicted octanol–water partition coefficient (Wildman–Crippen LogP) is 2.34. The van der Waals surface area contributed by atoms with Crippen LogP contribution in [0.3, 0.4) is 0 Å². The molecule has 0 aliphatic rings. The molecule has 106 valence electrons. The summed E-state index contributed by atoms with van der Waals surface area (Å²) >= 11 is 0.